The van der Waals surface area contributed by atoms with Crippen LogP contribution in [-0.4, -0.2) is 48.5 Å². The van der Waals surface area contributed by atoms with Crippen LogP contribution in [-0.2, 0) is 0 Å². The number of piperazine rings is 1. The highest BCUT2D eigenvalue weighted by Crippen LogP contribution is 2.23. The van der Waals surface area contributed by atoms with Crippen LogP contribution >= 0.6 is 0 Å². The van der Waals surface area contributed by atoms with E-state index in [-0.39, 0.29) is 18.4 Å². The maximum Gasteiger partial charge on any atom is 0.139 e. The van der Waals surface area contributed by atoms with E-state index in [9.17, 15) is 0 Å². The van der Waals surface area contributed by atoms with E-state index >= 15 is 0 Å². The van der Waals surface area contributed by atoms with Crippen LogP contribution in [0.25, 0.3) is 0 Å². The summed E-state index contributed by atoms with van der Waals surface area (Å²) in [5, 5.41) is 3.37. The van der Waals surface area contributed by atoms with E-state index in [0.29, 0.717) is 6.04 Å². The predicted molar refractivity (Wildman–Crippen MR) is 62.7 cm³/mol. The number of hydrogen-bond acceptors (Lipinski definition) is 4. The minimum absolute atomic E-state index is 0.0306. The Morgan fingerprint density at radius 3 is 2.00 bits per heavy atom. The molecule has 0 aliphatic carbocycles. The molecule has 0 bridgehead atoms. The normalized spacial score (nSPS) is 38.4. The standard InChI is InChI=1S/C10H26N5/c1-7(11)10-6-14-4-5-15(10,8(2)12)9(3)13/h7-10,14H,4-6,11-13H2,1-3H3/q+1. The van der Waals surface area contributed by atoms with E-state index in [0.717, 1.165) is 24.1 Å². The van der Waals surface area contributed by atoms with Gasteiger partial charge in [0, 0.05) is 26.9 Å². The molecule has 15 heavy (non-hydrogen) atoms. The lowest BCUT2D eigenvalue weighted by atomic mass is 10.00. The van der Waals surface area contributed by atoms with E-state index < -0.39 is 0 Å². The molecule has 1 fully saturated rings. The van der Waals surface area contributed by atoms with Crippen molar-refractivity contribution in [2.75, 3.05) is 19.6 Å². The van der Waals surface area contributed by atoms with E-state index in [1.54, 1.807) is 0 Å². The Bertz CT molecular complexity index is 194. The van der Waals surface area contributed by atoms with Gasteiger partial charge in [0.2, 0.25) is 0 Å². The molecule has 1 saturated heterocycles. The molecular formula is C10H26N5+. The number of nitrogens with one attached hydrogen (secondary N) is 1. The second-order valence-corrected chi connectivity index (χ2v) is 4.83. The van der Waals surface area contributed by atoms with Gasteiger partial charge in [-0.25, -0.2) is 0 Å². The molecule has 7 N–H and O–H groups in total. The van der Waals surface area contributed by atoms with Gasteiger partial charge in [-0.05, 0) is 6.92 Å². The van der Waals surface area contributed by atoms with Crippen molar-refractivity contribution in [1.82, 2.24) is 5.32 Å². The molecule has 0 radical (unpaired) electrons. The van der Waals surface area contributed by atoms with Crippen molar-refractivity contribution in [2.45, 2.75) is 45.2 Å². The third-order valence-corrected chi connectivity index (χ3v) is 3.77. The molecule has 5 heteroatoms. The van der Waals surface area contributed by atoms with Gasteiger partial charge in [-0.2, -0.15) is 0 Å². The maximum atomic E-state index is 6.14. The largest absolute Gasteiger partial charge is 0.323 e. The lowest BCUT2D eigenvalue weighted by molar-refractivity contribution is -0.993. The maximum absolute atomic E-state index is 6.14. The quantitative estimate of drug-likeness (QED) is 0.443. The number of hydrogen-bond donors (Lipinski definition) is 4. The highest BCUT2D eigenvalue weighted by molar-refractivity contribution is 4.79. The van der Waals surface area contributed by atoms with Crippen LogP contribution in [0.1, 0.15) is 20.8 Å². The van der Waals surface area contributed by atoms with Crippen LogP contribution in [0.5, 0.6) is 0 Å². The molecule has 0 aromatic carbocycles. The molecule has 1 aliphatic rings. The van der Waals surface area contributed by atoms with Gasteiger partial charge in [0.1, 0.15) is 18.4 Å². The van der Waals surface area contributed by atoms with Crippen molar-refractivity contribution in [1.29, 1.82) is 0 Å². The fourth-order valence-electron chi connectivity index (χ4n) is 2.86. The zero-order valence-electron chi connectivity index (χ0n) is 10.1. The Balaban J connectivity index is 2.99. The van der Waals surface area contributed by atoms with Crippen LogP contribution in [0.3, 0.4) is 0 Å². The first-order chi connectivity index (χ1) is 6.93. The third-order valence-electron chi connectivity index (χ3n) is 3.77. The summed E-state index contributed by atoms with van der Waals surface area (Å²) in [6, 6.07) is 0.411. The summed E-state index contributed by atoms with van der Waals surface area (Å²) in [6.45, 7) is 8.93. The lowest BCUT2D eigenvalue weighted by Crippen LogP contribution is -2.78. The van der Waals surface area contributed by atoms with Crippen LogP contribution in [0, 0.1) is 0 Å². The zero-order valence-corrected chi connectivity index (χ0v) is 10.1. The number of rotatable bonds is 3. The van der Waals surface area contributed by atoms with E-state index in [4.69, 9.17) is 17.2 Å². The second kappa shape index (κ2) is 4.76. The molecule has 1 aliphatic heterocycles. The molecule has 4 atom stereocenters. The first-order valence-corrected chi connectivity index (χ1v) is 5.77. The molecule has 1 heterocycles. The molecule has 0 aromatic rings. The van der Waals surface area contributed by atoms with Gasteiger partial charge in [-0.1, -0.05) is 0 Å². The number of nitrogens with zero attached hydrogens (tertiary/aromatic N) is 1. The van der Waals surface area contributed by atoms with Crippen LogP contribution in [0.15, 0.2) is 0 Å². The summed E-state index contributed by atoms with van der Waals surface area (Å²) >= 11 is 0. The first kappa shape index (κ1) is 12.9. The van der Waals surface area contributed by atoms with E-state index in [2.05, 4.69) is 5.32 Å². The van der Waals surface area contributed by atoms with E-state index in [1.807, 2.05) is 20.8 Å². The lowest BCUT2D eigenvalue weighted by Gasteiger charge is -2.54. The van der Waals surface area contributed by atoms with Gasteiger partial charge < -0.3 is 11.1 Å². The second-order valence-electron chi connectivity index (χ2n) is 4.83. The number of nitrogens with two attached hydrogens (primary N) is 3. The third kappa shape index (κ3) is 2.16. The Morgan fingerprint density at radius 2 is 1.67 bits per heavy atom. The molecule has 1 rings (SSSR count). The molecule has 4 unspecified atom stereocenters. The van der Waals surface area contributed by atoms with E-state index in [1.165, 1.54) is 0 Å². The Hall–Kier alpha value is -0.200. The fraction of sp³-hybridized carbons (Fsp3) is 1.00. The molecule has 90 valence electrons. The van der Waals surface area contributed by atoms with Gasteiger partial charge in [0.15, 0.2) is 0 Å². The van der Waals surface area contributed by atoms with Gasteiger partial charge in [-0.3, -0.25) is 16.0 Å². The smallest absolute Gasteiger partial charge is 0.139 e. The summed E-state index contributed by atoms with van der Waals surface area (Å²) in [4.78, 5) is 0. The highest BCUT2D eigenvalue weighted by Gasteiger charge is 2.46. The molecule has 0 spiro atoms. The van der Waals surface area contributed by atoms with Crippen LogP contribution in [0.4, 0.5) is 0 Å². The van der Waals surface area contributed by atoms with Gasteiger partial charge in [0.05, 0.1) is 12.6 Å². The molecule has 0 saturated carbocycles. The van der Waals surface area contributed by atoms with Gasteiger partial charge in [-0.15, -0.1) is 0 Å². The first-order valence-electron chi connectivity index (χ1n) is 5.77. The molecular weight excluding hydrogens is 190 g/mol. The zero-order chi connectivity index (χ0) is 11.6. The van der Waals surface area contributed by atoms with Crippen LogP contribution in [0.2, 0.25) is 0 Å². The summed E-state index contributed by atoms with van der Waals surface area (Å²) in [6.07, 6.45) is 0.0613. The average molecular weight is 216 g/mol. The van der Waals surface area contributed by atoms with Crippen LogP contribution < -0.4 is 22.5 Å². The Morgan fingerprint density at radius 1 is 1.13 bits per heavy atom. The van der Waals surface area contributed by atoms with Gasteiger partial charge >= 0.3 is 0 Å². The monoisotopic (exact) mass is 216 g/mol. The number of quaternary nitrogens is 1. The van der Waals surface area contributed by atoms with Crippen molar-refractivity contribution in [3.63, 3.8) is 0 Å². The minimum atomic E-state index is 0.0306. The van der Waals surface area contributed by atoms with Crippen molar-refractivity contribution in [2.24, 2.45) is 17.2 Å². The highest BCUT2D eigenvalue weighted by atomic mass is 15.5. The average Bonchev–Trinajstić information content (AvgIpc) is 2.16. The Kier molecular flexibility index (Phi) is 4.08. The predicted octanol–water partition coefficient (Wildman–Crippen LogP) is -1.27. The molecule has 0 amide bonds. The van der Waals surface area contributed by atoms with Crippen molar-refractivity contribution in [3.05, 3.63) is 0 Å². The van der Waals surface area contributed by atoms with Crippen molar-refractivity contribution in [3.8, 4) is 0 Å². The van der Waals surface area contributed by atoms with Crippen molar-refractivity contribution >= 4 is 0 Å². The minimum Gasteiger partial charge on any atom is -0.323 e. The summed E-state index contributed by atoms with van der Waals surface area (Å²) < 4.78 is 0.727. The summed E-state index contributed by atoms with van der Waals surface area (Å²) in [5.74, 6) is 0. The summed E-state index contributed by atoms with van der Waals surface area (Å²) in [7, 11) is 0. The molecule has 0 aromatic heterocycles. The Labute approximate surface area is 92.6 Å². The molecule has 5 nitrogen and oxygen atoms in total. The van der Waals surface area contributed by atoms with Gasteiger partial charge in [0.25, 0.3) is 0 Å². The van der Waals surface area contributed by atoms with Crippen molar-refractivity contribution < 1.29 is 4.48 Å². The topological polar surface area (TPSA) is 90.1 Å². The fourth-order valence-corrected chi connectivity index (χ4v) is 2.86. The SMILES string of the molecule is CC(N)C1CNCC[N+]1(C(C)N)C(C)N. The summed E-state index contributed by atoms with van der Waals surface area (Å²) in [5.41, 5.74) is 18.3.